The zero-order valence-corrected chi connectivity index (χ0v) is 14.1. The molecule has 2 atom stereocenters. The number of rotatable bonds is 0. The van der Waals surface area contributed by atoms with E-state index in [1.165, 1.54) is 28.6 Å². The molecule has 1 aromatic heterocycles. The fraction of sp³-hybridized carbons (Fsp3) is 0.364. The third kappa shape index (κ3) is 1.68. The number of fused-ring (bicyclic) bond motifs is 5. The Morgan fingerprint density at radius 1 is 1.13 bits per heavy atom. The maximum Gasteiger partial charge on any atom is 0.0461 e. The topological polar surface area (TPSA) is 15.8 Å². The van der Waals surface area contributed by atoms with Crippen molar-refractivity contribution in [2.45, 2.75) is 33.6 Å². The quantitative estimate of drug-likeness (QED) is 0.646. The van der Waals surface area contributed by atoms with Crippen molar-refractivity contribution in [1.29, 1.82) is 0 Å². The Bertz CT molecular complexity index is 917. The average molecular weight is 301 g/mol. The van der Waals surface area contributed by atoms with Gasteiger partial charge in [0.05, 0.1) is 0 Å². The fourth-order valence-electron chi connectivity index (χ4n) is 5.02. The molecule has 0 fully saturated rings. The molecule has 2 aromatic rings. The zero-order chi connectivity index (χ0) is 15.8. The Morgan fingerprint density at radius 2 is 1.96 bits per heavy atom. The van der Waals surface area contributed by atoms with Gasteiger partial charge in [0.25, 0.3) is 0 Å². The minimum absolute atomic E-state index is 0.202. The van der Waals surface area contributed by atoms with Crippen LogP contribution in [0.15, 0.2) is 53.1 Å². The largest absolute Gasteiger partial charge is 0.355 e. The molecule has 1 heteroatoms. The molecule has 3 aliphatic carbocycles. The predicted molar refractivity (Wildman–Crippen MR) is 97.2 cm³/mol. The van der Waals surface area contributed by atoms with E-state index in [1.54, 1.807) is 16.7 Å². The normalized spacial score (nSPS) is 27.7. The van der Waals surface area contributed by atoms with Gasteiger partial charge in [0, 0.05) is 27.9 Å². The van der Waals surface area contributed by atoms with E-state index in [9.17, 15) is 0 Å². The molecule has 1 heterocycles. The summed E-state index contributed by atoms with van der Waals surface area (Å²) in [6.07, 6.45) is 9.66. The second-order valence-electron chi connectivity index (χ2n) is 8.02. The molecule has 23 heavy (non-hydrogen) atoms. The number of aromatic nitrogens is 1. The van der Waals surface area contributed by atoms with Crippen molar-refractivity contribution < 1.29 is 0 Å². The lowest BCUT2D eigenvalue weighted by molar-refractivity contribution is 0.491. The molecular weight excluding hydrogens is 278 g/mol. The lowest BCUT2D eigenvalue weighted by atomic mass is 9.74. The van der Waals surface area contributed by atoms with Crippen LogP contribution in [0.3, 0.4) is 0 Å². The molecule has 1 N–H and O–H groups in total. The number of hydrogen-bond donors (Lipinski definition) is 1. The van der Waals surface area contributed by atoms with Crippen LogP contribution >= 0.6 is 0 Å². The highest BCUT2D eigenvalue weighted by molar-refractivity contribution is 5.89. The van der Waals surface area contributed by atoms with Gasteiger partial charge in [0.1, 0.15) is 0 Å². The maximum atomic E-state index is 3.64. The molecule has 0 spiro atoms. The summed E-state index contributed by atoms with van der Waals surface area (Å²) in [5, 5.41) is 1.40. The van der Waals surface area contributed by atoms with Crippen LogP contribution in [0.1, 0.15) is 38.4 Å². The van der Waals surface area contributed by atoms with Gasteiger partial charge in [-0.3, -0.25) is 0 Å². The molecule has 0 radical (unpaired) electrons. The van der Waals surface area contributed by atoms with Gasteiger partial charge in [-0.15, -0.1) is 0 Å². The minimum atomic E-state index is 0.202. The summed E-state index contributed by atoms with van der Waals surface area (Å²) < 4.78 is 0. The molecule has 0 amide bonds. The minimum Gasteiger partial charge on any atom is -0.355 e. The molecule has 116 valence electrons. The molecule has 0 bridgehead atoms. The molecule has 5 rings (SSSR count). The standard InChI is InChI=1S/C22H23N/c1-13-8-9-14-16-11-17-15-6-4-5-7-20(15)23-21(17)12-19(16)22(2,3)18(14)10-13/h4-9,12-13,16,23H,10-11H2,1-3H3/t13-,16?/m0/s1. The van der Waals surface area contributed by atoms with Crippen LogP contribution in [0, 0.1) is 17.3 Å². The van der Waals surface area contributed by atoms with Gasteiger partial charge < -0.3 is 4.98 Å². The molecular formula is C22H23N. The Morgan fingerprint density at radius 3 is 2.83 bits per heavy atom. The first-order valence-electron chi connectivity index (χ1n) is 8.79. The second-order valence-corrected chi connectivity index (χ2v) is 8.02. The Balaban J connectivity index is 1.71. The molecule has 1 unspecified atom stereocenters. The highest BCUT2D eigenvalue weighted by Gasteiger charge is 2.45. The number of hydrogen-bond acceptors (Lipinski definition) is 0. The van der Waals surface area contributed by atoms with Crippen LogP contribution in [0.5, 0.6) is 0 Å². The third-order valence-corrected chi connectivity index (χ3v) is 6.26. The fourth-order valence-corrected chi connectivity index (χ4v) is 5.02. The summed E-state index contributed by atoms with van der Waals surface area (Å²) in [4.78, 5) is 3.64. The van der Waals surface area contributed by atoms with E-state index in [-0.39, 0.29) is 5.41 Å². The summed E-state index contributed by atoms with van der Waals surface area (Å²) in [6, 6.07) is 8.73. The molecule has 1 aromatic carbocycles. The first-order chi connectivity index (χ1) is 11.1. The molecule has 0 saturated heterocycles. The lowest BCUT2D eigenvalue weighted by Crippen LogP contribution is -2.19. The van der Waals surface area contributed by atoms with Crippen LogP contribution in [-0.2, 0) is 6.42 Å². The van der Waals surface area contributed by atoms with E-state index in [4.69, 9.17) is 0 Å². The number of H-pyrrole nitrogens is 1. The highest BCUT2D eigenvalue weighted by Crippen LogP contribution is 2.57. The second kappa shape index (κ2) is 4.29. The van der Waals surface area contributed by atoms with Gasteiger partial charge in [0.2, 0.25) is 0 Å². The maximum absolute atomic E-state index is 3.64. The van der Waals surface area contributed by atoms with Crippen molar-refractivity contribution in [2.24, 2.45) is 17.3 Å². The van der Waals surface area contributed by atoms with E-state index < -0.39 is 0 Å². The van der Waals surface area contributed by atoms with Gasteiger partial charge in [-0.1, -0.05) is 62.3 Å². The predicted octanol–water partition coefficient (Wildman–Crippen LogP) is 5.66. The first kappa shape index (κ1) is 13.4. The number of aromatic amines is 1. The average Bonchev–Trinajstić information content (AvgIpc) is 3.00. The van der Waals surface area contributed by atoms with Crippen molar-refractivity contribution in [3.63, 3.8) is 0 Å². The molecule has 3 aliphatic rings. The van der Waals surface area contributed by atoms with E-state index in [0.29, 0.717) is 11.8 Å². The summed E-state index contributed by atoms with van der Waals surface area (Å²) >= 11 is 0. The van der Waals surface area contributed by atoms with Crippen LogP contribution in [0.4, 0.5) is 0 Å². The van der Waals surface area contributed by atoms with Crippen molar-refractivity contribution in [2.75, 3.05) is 0 Å². The third-order valence-electron chi connectivity index (χ3n) is 6.26. The van der Waals surface area contributed by atoms with E-state index >= 15 is 0 Å². The summed E-state index contributed by atoms with van der Waals surface area (Å²) in [6.45, 7) is 7.18. The van der Waals surface area contributed by atoms with E-state index in [0.717, 1.165) is 6.42 Å². The highest BCUT2D eigenvalue weighted by atomic mass is 14.7. The monoisotopic (exact) mass is 301 g/mol. The van der Waals surface area contributed by atoms with E-state index in [2.05, 4.69) is 68.2 Å². The summed E-state index contributed by atoms with van der Waals surface area (Å²) in [5.74, 6) is 1.25. The Labute approximate surface area is 137 Å². The molecule has 1 nitrogen and oxygen atoms in total. The van der Waals surface area contributed by atoms with Gasteiger partial charge in [0.15, 0.2) is 0 Å². The molecule has 0 aliphatic heterocycles. The SMILES string of the molecule is C[C@H]1C=CC2=C(C1)C(C)(C)C1=Cc3[nH]c4ccccc4c3CC12. The van der Waals surface area contributed by atoms with Crippen molar-refractivity contribution in [1.82, 2.24) is 4.98 Å². The number of allylic oxidation sites excluding steroid dienone is 5. The Hall–Kier alpha value is -2.02. The number of para-hydroxylation sites is 1. The van der Waals surface area contributed by atoms with Gasteiger partial charge >= 0.3 is 0 Å². The number of benzene rings is 1. The zero-order valence-electron chi connectivity index (χ0n) is 14.1. The summed E-state index contributed by atoms with van der Waals surface area (Å²) in [7, 11) is 0. The summed E-state index contributed by atoms with van der Waals surface area (Å²) in [5.41, 5.74) is 9.21. The molecule has 0 saturated carbocycles. The van der Waals surface area contributed by atoms with Crippen LogP contribution < -0.4 is 0 Å². The lowest BCUT2D eigenvalue weighted by Gasteiger charge is -2.30. The smallest absolute Gasteiger partial charge is 0.0461 e. The van der Waals surface area contributed by atoms with Gasteiger partial charge in [-0.2, -0.15) is 0 Å². The van der Waals surface area contributed by atoms with Gasteiger partial charge in [-0.25, -0.2) is 0 Å². The van der Waals surface area contributed by atoms with Crippen LogP contribution in [0.25, 0.3) is 17.0 Å². The number of nitrogens with one attached hydrogen (secondary N) is 1. The van der Waals surface area contributed by atoms with Crippen LogP contribution in [-0.4, -0.2) is 4.98 Å². The Kier molecular flexibility index (Phi) is 2.50. The van der Waals surface area contributed by atoms with E-state index in [1.807, 2.05) is 0 Å². The van der Waals surface area contributed by atoms with Gasteiger partial charge in [-0.05, 0) is 42.0 Å². The van der Waals surface area contributed by atoms with Crippen molar-refractivity contribution in [3.05, 3.63) is 64.4 Å². The van der Waals surface area contributed by atoms with Crippen molar-refractivity contribution in [3.8, 4) is 0 Å². The first-order valence-corrected chi connectivity index (χ1v) is 8.79. The van der Waals surface area contributed by atoms with Crippen LogP contribution in [0.2, 0.25) is 0 Å². The van der Waals surface area contributed by atoms with Crippen molar-refractivity contribution >= 4 is 17.0 Å².